The van der Waals surface area contributed by atoms with E-state index >= 15 is 0 Å². The number of carbonyl (C=O) groups excluding carboxylic acids is 4. The number of aliphatic hydroxyl groups excluding tert-OH is 2. The van der Waals surface area contributed by atoms with Crippen molar-refractivity contribution in [1.82, 2.24) is 4.90 Å². The Labute approximate surface area is 234 Å². The van der Waals surface area contributed by atoms with Gasteiger partial charge < -0.3 is 42.1 Å². The fourth-order valence-corrected chi connectivity index (χ4v) is 6.72. The first-order chi connectivity index (χ1) is 18.5. The fourth-order valence-electron chi connectivity index (χ4n) is 6.28. The molecule has 3 aliphatic rings. The Morgan fingerprint density at radius 1 is 1.18 bits per heavy atom. The number of aromatic hydroxyl groups is 1. The van der Waals surface area contributed by atoms with Crippen molar-refractivity contribution in [2.75, 3.05) is 44.2 Å². The van der Waals surface area contributed by atoms with Crippen LogP contribution in [-0.2, 0) is 20.8 Å². The molecule has 13 nitrogen and oxygen atoms in total. The minimum atomic E-state index is -3.00. The molecule has 3 aliphatic carbocycles. The van der Waals surface area contributed by atoms with Crippen molar-refractivity contribution in [2.24, 2.45) is 17.4 Å². The Morgan fingerprint density at radius 2 is 1.80 bits per heavy atom. The number of hydrogen-bond donors (Lipinski definition) is 7. The van der Waals surface area contributed by atoms with Gasteiger partial charge in [0.25, 0.3) is 11.1 Å². The number of nitrogens with two attached hydrogens (primary N) is 2. The van der Waals surface area contributed by atoms with Gasteiger partial charge in [0.15, 0.2) is 17.3 Å². The number of anilines is 2. The van der Waals surface area contributed by atoms with Gasteiger partial charge in [-0.15, -0.1) is 0 Å². The summed E-state index contributed by atoms with van der Waals surface area (Å²) >= 11 is 0.970. The molecule has 0 bridgehead atoms. The molecule has 1 aromatic carbocycles. The zero-order valence-electron chi connectivity index (χ0n) is 22.7. The monoisotopic (exact) mass is 575 g/mol. The Balaban J connectivity index is 2.01. The summed E-state index contributed by atoms with van der Waals surface area (Å²) in [6, 6.07) is 0.112. The number of nitrogens with one attached hydrogen (secondary N) is 1. The summed E-state index contributed by atoms with van der Waals surface area (Å²) in [4.78, 5) is 54.9. The van der Waals surface area contributed by atoms with Gasteiger partial charge in [0.2, 0.25) is 11.4 Å². The maximum absolute atomic E-state index is 14.1. The summed E-state index contributed by atoms with van der Waals surface area (Å²) in [5.74, 6) is -6.37. The minimum absolute atomic E-state index is 0.0103. The molecule has 0 spiro atoms. The number of amides is 2. The lowest BCUT2D eigenvalue weighted by Crippen LogP contribution is -2.80. The van der Waals surface area contributed by atoms with Crippen LogP contribution in [0, 0.1) is 5.92 Å². The fraction of sp³-hybridized carbons (Fsp3) is 0.462. The lowest BCUT2D eigenvalue weighted by Gasteiger charge is -2.56. The predicted octanol–water partition coefficient (Wildman–Crippen LogP) is 0.396. The molecule has 4 rings (SSSR count). The number of aliphatic hydroxyl groups is 3. The summed E-state index contributed by atoms with van der Waals surface area (Å²) < 4.78 is 0. The molecule has 0 saturated heterocycles. The van der Waals surface area contributed by atoms with Gasteiger partial charge in [0.1, 0.15) is 11.3 Å². The highest BCUT2D eigenvalue weighted by Crippen LogP contribution is 2.55. The smallest absolute Gasteiger partial charge is 0.283 e. The number of thioether (sulfide) groups is 1. The first-order valence-electron chi connectivity index (χ1n) is 12.5. The molecule has 1 aromatic rings. The van der Waals surface area contributed by atoms with E-state index in [0.717, 1.165) is 11.8 Å². The van der Waals surface area contributed by atoms with E-state index in [4.69, 9.17) is 11.5 Å². The van der Waals surface area contributed by atoms with Crippen molar-refractivity contribution in [3.05, 3.63) is 34.1 Å². The molecule has 216 valence electrons. The molecule has 0 heterocycles. The van der Waals surface area contributed by atoms with Crippen molar-refractivity contribution in [3.63, 3.8) is 0 Å². The average Bonchev–Trinajstić information content (AvgIpc) is 2.82. The van der Waals surface area contributed by atoms with Gasteiger partial charge in [-0.1, -0.05) is 18.7 Å². The van der Waals surface area contributed by atoms with Crippen LogP contribution in [0.3, 0.4) is 0 Å². The minimum Gasteiger partial charge on any atom is -0.508 e. The summed E-state index contributed by atoms with van der Waals surface area (Å²) in [6.45, 7) is 1.78. The van der Waals surface area contributed by atoms with Gasteiger partial charge >= 0.3 is 0 Å². The van der Waals surface area contributed by atoms with Crippen molar-refractivity contribution < 1.29 is 39.6 Å². The second-order valence-corrected chi connectivity index (χ2v) is 11.9. The highest BCUT2D eigenvalue weighted by molar-refractivity contribution is 8.13. The number of rotatable bonds is 5. The number of benzene rings is 1. The van der Waals surface area contributed by atoms with E-state index in [1.807, 2.05) is 0 Å². The standard InChI is InChI=1S/C26H33N5O8S/c1-6-40-24(38)29-12-8-13(30(2)3)11-7-10-9-25(28)20(31(4)5)19(34)16(23(27)37)22(36)26(25,39)21(35)14(10)18(33)15(11)17(12)32/h8,10,20,32-33,36,39H,6-7,9,28H2,1-5H3,(H2,27,37)(H,29,38)/t10-,20+,25+,26-/m0/s1. The molecule has 0 unspecified atom stereocenters. The number of phenols is 1. The summed E-state index contributed by atoms with van der Waals surface area (Å²) in [5.41, 5.74) is 6.45. The third kappa shape index (κ3) is 3.89. The van der Waals surface area contributed by atoms with E-state index < -0.39 is 68.7 Å². The first-order valence-corrected chi connectivity index (χ1v) is 13.5. The van der Waals surface area contributed by atoms with Crippen LogP contribution in [0.2, 0.25) is 0 Å². The molecule has 1 fully saturated rings. The van der Waals surface area contributed by atoms with Crippen LogP contribution in [0.5, 0.6) is 5.75 Å². The number of hydrogen-bond acceptors (Lipinski definition) is 12. The van der Waals surface area contributed by atoms with Crippen molar-refractivity contribution in [1.29, 1.82) is 0 Å². The lowest BCUT2D eigenvalue weighted by molar-refractivity contribution is -0.157. The maximum atomic E-state index is 14.1. The third-order valence-electron chi connectivity index (χ3n) is 7.88. The lowest BCUT2D eigenvalue weighted by atomic mass is 9.53. The van der Waals surface area contributed by atoms with E-state index in [0.29, 0.717) is 17.0 Å². The molecular weight excluding hydrogens is 542 g/mol. The number of nitrogens with zero attached hydrogens (tertiary/aromatic N) is 2. The highest BCUT2D eigenvalue weighted by Gasteiger charge is 2.71. The SMILES string of the molecule is CCSC(=O)Nc1cc(N(C)C)c2c(c1O)C(O)=C1C(=O)[C@]3(O)C(O)=C(C(N)=O)C(=O)[C@@H](N(C)C)[C@]3(N)C[C@@H]1C2. The van der Waals surface area contributed by atoms with Crippen LogP contribution >= 0.6 is 11.8 Å². The van der Waals surface area contributed by atoms with Crippen molar-refractivity contribution in [3.8, 4) is 5.75 Å². The van der Waals surface area contributed by atoms with Gasteiger partial charge in [-0.05, 0) is 50.2 Å². The van der Waals surface area contributed by atoms with Crippen molar-refractivity contribution in [2.45, 2.75) is 36.9 Å². The van der Waals surface area contributed by atoms with E-state index in [1.165, 1.54) is 19.0 Å². The van der Waals surface area contributed by atoms with Crippen LogP contribution in [0.4, 0.5) is 16.2 Å². The zero-order chi connectivity index (χ0) is 30.1. The first kappa shape index (κ1) is 29.4. The largest absolute Gasteiger partial charge is 0.508 e. The van der Waals surface area contributed by atoms with Crippen molar-refractivity contribution >= 4 is 51.6 Å². The number of likely N-dealkylation sites (N-methyl/N-ethyl adjacent to an activating group) is 1. The number of primary amides is 1. The quantitative estimate of drug-likeness (QED) is 0.187. The van der Waals surface area contributed by atoms with E-state index in [-0.39, 0.29) is 29.7 Å². The number of ketones is 2. The molecule has 14 heteroatoms. The van der Waals surface area contributed by atoms with Crippen LogP contribution < -0.4 is 21.7 Å². The van der Waals surface area contributed by atoms with Gasteiger partial charge in [-0.2, -0.15) is 0 Å². The van der Waals surface area contributed by atoms with E-state index in [9.17, 15) is 39.6 Å². The molecule has 0 aliphatic heterocycles. The van der Waals surface area contributed by atoms with Gasteiger partial charge in [0.05, 0.1) is 22.8 Å². The average molecular weight is 576 g/mol. The van der Waals surface area contributed by atoms with Gasteiger partial charge in [-0.25, -0.2) is 0 Å². The number of phenolic OH excluding ortho intramolecular Hbond substituents is 1. The third-order valence-corrected chi connectivity index (χ3v) is 8.54. The second-order valence-electron chi connectivity index (χ2n) is 10.7. The summed E-state index contributed by atoms with van der Waals surface area (Å²) in [7, 11) is 6.38. The van der Waals surface area contributed by atoms with E-state index in [1.54, 1.807) is 32.0 Å². The Morgan fingerprint density at radius 3 is 2.33 bits per heavy atom. The van der Waals surface area contributed by atoms with Crippen LogP contribution in [0.15, 0.2) is 23.0 Å². The Kier molecular flexibility index (Phi) is 7.20. The topological polar surface area (TPSA) is 220 Å². The molecule has 0 radical (unpaired) electrons. The van der Waals surface area contributed by atoms with Gasteiger partial charge in [-0.3, -0.25) is 24.1 Å². The predicted molar refractivity (Wildman–Crippen MR) is 149 cm³/mol. The molecule has 9 N–H and O–H groups in total. The normalized spacial score (nSPS) is 27.8. The highest BCUT2D eigenvalue weighted by atomic mass is 32.2. The maximum Gasteiger partial charge on any atom is 0.283 e. The van der Waals surface area contributed by atoms with Crippen LogP contribution in [0.1, 0.15) is 24.5 Å². The zero-order valence-corrected chi connectivity index (χ0v) is 23.5. The molecular formula is C26H33N5O8S. The summed E-state index contributed by atoms with van der Waals surface area (Å²) in [6.07, 6.45) is -0.214. The molecule has 1 saturated carbocycles. The Bertz CT molecular complexity index is 1420. The number of fused-ring (bicyclic) bond motifs is 3. The molecule has 0 aromatic heterocycles. The molecule has 40 heavy (non-hydrogen) atoms. The number of carbonyl (C=O) groups is 4. The molecule has 4 atom stereocenters. The number of Topliss-reactive ketones (excluding diaryl/α,β-unsaturated/α-hetero) is 2. The molecule has 2 amide bonds. The van der Waals surface area contributed by atoms with Crippen LogP contribution in [-0.4, -0.2) is 99.2 Å². The van der Waals surface area contributed by atoms with E-state index in [2.05, 4.69) is 5.32 Å². The summed E-state index contributed by atoms with van der Waals surface area (Å²) in [5, 5.41) is 47.7. The second kappa shape index (κ2) is 9.80. The van der Waals surface area contributed by atoms with Crippen LogP contribution in [0.25, 0.3) is 5.76 Å². The van der Waals surface area contributed by atoms with Gasteiger partial charge in [0, 0.05) is 25.4 Å². The Hall–Kier alpha value is -3.59.